The second-order valence-corrected chi connectivity index (χ2v) is 3.14. The van der Waals surface area contributed by atoms with Crippen molar-refractivity contribution in [1.82, 2.24) is 0 Å². The molecule has 12 heavy (non-hydrogen) atoms. The fourth-order valence-electron chi connectivity index (χ4n) is 0.863. The van der Waals surface area contributed by atoms with E-state index < -0.39 is 5.97 Å². The third-order valence-electron chi connectivity index (χ3n) is 1.49. The van der Waals surface area contributed by atoms with Crippen LogP contribution in [0.2, 0.25) is 0 Å². The highest BCUT2D eigenvalue weighted by Gasteiger charge is 2.06. The predicted molar refractivity (Wildman–Crippen MR) is 49.6 cm³/mol. The van der Waals surface area contributed by atoms with Crippen LogP contribution < -0.4 is 5.73 Å². The first-order valence-corrected chi connectivity index (χ1v) is 4.54. The van der Waals surface area contributed by atoms with Gasteiger partial charge >= 0.3 is 5.97 Å². The first-order valence-electron chi connectivity index (χ1n) is 3.32. The number of carbonyl (C=O) groups is 1. The molecule has 1 aromatic carbocycles. The number of nitrogen functional groups attached to an aromatic ring is 1. The normalized spacial score (nSPS) is 9.75. The molecule has 0 aliphatic heterocycles. The molecule has 1 rings (SSSR count). The van der Waals surface area contributed by atoms with Gasteiger partial charge in [0.2, 0.25) is 0 Å². The minimum atomic E-state index is -0.986. The van der Waals surface area contributed by atoms with E-state index in [1.165, 1.54) is 17.8 Å². The zero-order valence-corrected chi connectivity index (χ0v) is 7.39. The average Bonchev–Trinajstić information content (AvgIpc) is 2.03. The van der Waals surface area contributed by atoms with Crippen LogP contribution in [0.1, 0.15) is 10.4 Å². The zero-order chi connectivity index (χ0) is 9.14. The third kappa shape index (κ3) is 1.71. The fraction of sp³-hybridized carbons (Fsp3) is 0.125. The van der Waals surface area contributed by atoms with Gasteiger partial charge in [0.05, 0.1) is 5.56 Å². The lowest BCUT2D eigenvalue weighted by Gasteiger charge is -2.01. The summed E-state index contributed by atoms with van der Waals surface area (Å²) in [6.07, 6.45) is 1.91. The number of aromatic carboxylic acids is 1. The fourth-order valence-corrected chi connectivity index (χ4v) is 1.31. The van der Waals surface area contributed by atoms with Gasteiger partial charge in [-0.2, -0.15) is 0 Å². The Hall–Kier alpha value is -1.16. The van der Waals surface area contributed by atoms with Gasteiger partial charge in [0.1, 0.15) is 0 Å². The van der Waals surface area contributed by atoms with Gasteiger partial charge in [-0.15, -0.1) is 11.8 Å². The van der Waals surface area contributed by atoms with Crippen LogP contribution in [0.5, 0.6) is 0 Å². The number of rotatable bonds is 2. The van der Waals surface area contributed by atoms with Gasteiger partial charge in [0.25, 0.3) is 0 Å². The Morgan fingerprint density at radius 1 is 1.58 bits per heavy atom. The first kappa shape index (κ1) is 8.93. The molecule has 0 aromatic heterocycles. The molecule has 0 unspecified atom stereocenters. The summed E-state index contributed by atoms with van der Waals surface area (Å²) in [6, 6.07) is 4.92. The molecule has 0 aliphatic rings. The molecular weight excluding hydrogens is 174 g/mol. The number of carboxylic acids is 1. The quantitative estimate of drug-likeness (QED) is 0.541. The largest absolute Gasteiger partial charge is 0.478 e. The van der Waals surface area contributed by atoms with E-state index in [-0.39, 0.29) is 5.56 Å². The highest BCUT2D eigenvalue weighted by atomic mass is 32.2. The Kier molecular flexibility index (Phi) is 2.60. The Morgan fingerprint density at radius 2 is 2.25 bits per heavy atom. The smallest absolute Gasteiger partial charge is 0.337 e. The maximum atomic E-state index is 10.5. The van der Waals surface area contributed by atoms with Crippen LogP contribution in [0.3, 0.4) is 0 Å². The van der Waals surface area contributed by atoms with Crippen molar-refractivity contribution < 1.29 is 9.90 Å². The summed E-state index contributed by atoms with van der Waals surface area (Å²) in [5, 5.41) is 8.64. The summed E-state index contributed by atoms with van der Waals surface area (Å²) < 4.78 is 0. The Bertz CT molecular complexity index is 312. The molecule has 1 aromatic rings. The summed E-state index contributed by atoms with van der Waals surface area (Å²) >= 11 is 1.53. The second-order valence-electron chi connectivity index (χ2n) is 2.26. The number of carboxylic acid groups (broad SMARTS) is 1. The molecule has 0 spiro atoms. The van der Waals surface area contributed by atoms with Gasteiger partial charge in [0, 0.05) is 10.6 Å². The summed E-state index contributed by atoms with van der Waals surface area (Å²) in [4.78, 5) is 11.5. The van der Waals surface area contributed by atoms with Gasteiger partial charge in [-0.1, -0.05) is 0 Å². The molecule has 0 bridgehead atoms. The van der Waals surface area contributed by atoms with Gasteiger partial charge in [-0.05, 0) is 24.5 Å². The van der Waals surface area contributed by atoms with E-state index >= 15 is 0 Å². The highest BCUT2D eigenvalue weighted by molar-refractivity contribution is 7.98. The Labute approximate surface area is 74.6 Å². The van der Waals surface area contributed by atoms with E-state index in [9.17, 15) is 4.79 Å². The van der Waals surface area contributed by atoms with Crippen LogP contribution in [0, 0.1) is 0 Å². The summed E-state index contributed by atoms with van der Waals surface area (Å²) in [5.41, 5.74) is 5.98. The lowest BCUT2D eigenvalue weighted by molar-refractivity contribution is 0.0698. The molecule has 0 amide bonds. The van der Waals surface area contributed by atoms with Crippen LogP contribution >= 0.6 is 11.8 Å². The van der Waals surface area contributed by atoms with E-state index in [0.717, 1.165) is 4.90 Å². The summed E-state index contributed by atoms with van der Waals surface area (Å²) in [5.74, 6) is -0.986. The number of hydrogen-bond acceptors (Lipinski definition) is 3. The molecule has 0 radical (unpaired) electrons. The summed E-state index contributed by atoms with van der Waals surface area (Å²) in [6.45, 7) is 0. The van der Waals surface area contributed by atoms with Crippen molar-refractivity contribution in [3.63, 3.8) is 0 Å². The molecule has 4 heteroatoms. The van der Waals surface area contributed by atoms with Crippen LogP contribution in [0.4, 0.5) is 5.69 Å². The number of hydrogen-bond donors (Lipinski definition) is 2. The Morgan fingerprint density at radius 3 is 2.67 bits per heavy atom. The van der Waals surface area contributed by atoms with Crippen molar-refractivity contribution in [3.05, 3.63) is 23.8 Å². The monoisotopic (exact) mass is 183 g/mol. The lowest BCUT2D eigenvalue weighted by atomic mass is 10.2. The second kappa shape index (κ2) is 3.49. The van der Waals surface area contributed by atoms with Crippen molar-refractivity contribution in [2.24, 2.45) is 0 Å². The molecule has 3 nitrogen and oxygen atoms in total. The van der Waals surface area contributed by atoms with Crippen LogP contribution in [-0.2, 0) is 0 Å². The summed E-state index contributed by atoms with van der Waals surface area (Å²) in [7, 11) is 0. The maximum absolute atomic E-state index is 10.5. The van der Waals surface area contributed by atoms with Crippen molar-refractivity contribution in [2.75, 3.05) is 12.0 Å². The standard InChI is InChI=1S/C8H9NO2S/c1-12-5-2-3-6(8(10)11)7(9)4-5/h2-4H,9H2,1H3,(H,10,11). The highest BCUT2D eigenvalue weighted by Crippen LogP contribution is 2.20. The number of benzene rings is 1. The van der Waals surface area contributed by atoms with Gasteiger partial charge < -0.3 is 10.8 Å². The van der Waals surface area contributed by atoms with Gasteiger partial charge in [-0.3, -0.25) is 0 Å². The minimum Gasteiger partial charge on any atom is -0.478 e. The van der Waals surface area contributed by atoms with Crippen molar-refractivity contribution in [3.8, 4) is 0 Å². The van der Waals surface area contributed by atoms with E-state index in [4.69, 9.17) is 10.8 Å². The van der Waals surface area contributed by atoms with Crippen molar-refractivity contribution in [2.45, 2.75) is 4.90 Å². The van der Waals surface area contributed by atoms with Crippen molar-refractivity contribution >= 4 is 23.4 Å². The maximum Gasteiger partial charge on any atom is 0.337 e. The van der Waals surface area contributed by atoms with Crippen LogP contribution in [-0.4, -0.2) is 17.3 Å². The van der Waals surface area contributed by atoms with E-state index in [1.807, 2.05) is 6.26 Å². The first-order chi connectivity index (χ1) is 5.65. The molecular formula is C8H9NO2S. The SMILES string of the molecule is CSc1ccc(C(=O)O)c(N)c1. The number of thioether (sulfide) groups is 1. The third-order valence-corrected chi connectivity index (χ3v) is 2.21. The molecule has 0 aliphatic carbocycles. The Balaban J connectivity index is 3.12. The lowest BCUT2D eigenvalue weighted by Crippen LogP contribution is -2.01. The van der Waals surface area contributed by atoms with Gasteiger partial charge in [-0.25, -0.2) is 4.79 Å². The zero-order valence-electron chi connectivity index (χ0n) is 6.57. The van der Waals surface area contributed by atoms with E-state index in [2.05, 4.69) is 0 Å². The number of anilines is 1. The topological polar surface area (TPSA) is 63.3 Å². The molecule has 0 saturated carbocycles. The number of nitrogens with two attached hydrogens (primary N) is 1. The molecule has 0 heterocycles. The minimum absolute atomic E-state index is 0.160. The van der Waals surface area contributed by atoms with E-state index in [0.29, 0.717) is 5.69 Å². The van der Waals surface area contributed by atoms with Gasteiger partial charge in [0.15, 0.2) is 0 Å². The molecule has 0 saturated heterocycles. The molecule has 3 N–H and O–H groups in total. The van der Waals surface area contributed by atoms with Crippen molar-refractivity contribution in [1.29, 1.82) is 0 Å². The molecule has 0 atom stereocenters. The predicted octanol–water partition coefficient (Wildman–Crippen LogP) is 1.69. The van der Waals surface area contributed by atoms with E-state index in [1.54, 1.807) is 12.1 Å². The molecule has 64 valence electrons. The molecule has 0 fully saturated rings. The van der Waals surface area contributed by atoms with Crippen LogP contribution in [0.15, 0.2) is 23.1 Å². The average molecular weight is 183 g/mol. The van der Waals surface area contributed by atoms with Crippen LogP contribution in [0.25, 0.3) is 0 Å².